The van der Waals surface area contributed by atoms with Crippen LogP contribution in [0.15, 0.2) is 24.3 Å². The van der Waals surface area contributed by atoms with Crippen LogP contribution in [-0.4, -0.2) is 17.1 Å². The van der Waals surface area contributed by atoms with E-state index >= 15 is 0 Å². The minimum atomic E-state index is -1.02. The van der Waals surface area contributed by atoms with Crippen molar-refractivity contribution in [2.24, 2.45) is 5.73 Å². The molecule has 0 heterocycles. The third-order valence-electron chi connectivity index (χ3n) is 1.97. The first-order chi connectivity index (χ1) is 7.59. The summed E-state index contributed by atoms with van der Waals surface area (Å²) in [6.45, 7) is 0. The summed E-state index contributed by atoms with van der Waals surface area (Å²) in [7, 11) is 0. The van der Waals surface area contributed by atoms with Gasteiger partial charge in [0.05, 0.1) is 0 Å². The van der Waals surface area contributed by atoms with Crippen molar-refractivity contribution in [1.82, 2.24) is 0 Å². The van der Waals surface area contributed by atoms with Crippen LogP contribution in [0.5, 0.6) is 0 Å². The fraction of sp³-hybridized carbons (Fsp3) is 0.250. The number of carboxylic acid groups (broad SMARTS) is 1. The van der Waals surface area contributed by atoms with Crippen LogP contribution < -0.4 is 5.73 Å². The topological polar surface area (TPSA) is 63.3 Å². The van der Waals surface area contributed by atoms with Crippen molar-refractivity contribution < 1.29 is 14.3 Å². The maximum atomic E-state index is 12.5. The van der Waals surface area contributed by atoms with Gasteiger partial charge in [0.25, 0.3) is 0 Å². The molecule has 0 aromatic heterocycles. The van der Waals surface area contributed by atoms with Crippen LogP contribution in [-0.2, 0) is 4.79 Å². The third-order valence-corrected chi connectivity index (χ3v) is 1.97. The summed E-state index contributed by atoms with van der Waals surface area (Å²) in [5.74, 6) is 4.26. The lowest BCUT2D eigenvalue weighted by atomic mass is 10.1. The molecule has 3 nitrogen and oxygen atoms in total. The standard InChI is InChI=1S/C12H12FNO2/c13-10-7-5-9(6-8-10)3-1-2-4-11(14)12(15)16/h5-8,11H,2,4,14H2,(H,15,16)/t11-/m0/s1. The Morgan fingerprint density at radius 1 is 1.44 bits per heavy atom. The van der Waals surface area contributed by atoms with Gasteiger partial charge in [0.15, 0.2) is 0 Å². The van der Waals surface area contributed by atoms with Crippen molar-refractivity contribution in [1.29, 1.82) is 0 Å². The molecule has 0 aliphatic rings. The van der Waals surface area contributed by atoms with Crippen molar-refractivity contribution in [3.8, 4) is 11.8 Å². The number of nitrogens with two attached hydrogens (primary N) is 1. The molecule has 16 heavy (non-hydrogen) atoms. The molecule has 0 aliphatic carbocycles. The van der Waals surface area contributed by atoms with Gasteiger partial charge < -0.3 is 10.8 Å². The van der Waals surface area contributed by atoms with Gasteiger partial charge in [-0.2, -0.15) is 0 Å². The Morgan fingerprint density at radius 2 is 2.06 bits per heavy atom. The van der Waals surface area contributed by atoms with E-state index in [1.165, 1.54) is 12.1 Å². The van der Waals surface area contributed by atoms with E-state index in [0.717, 1.165) is 0 Å². The fourth-order valence-electron chi connectivity index (χ4n) is 1.05. The Hall–Kier alpha value is -1.86. The van der Waals surface area contributed by atoms with E-state index in [1.807, 2.05) is 0 Å². The summed E-state index contributed by atoms with van der Waals surface area (Å²) in [5, 5.41) is 8.51. The Labute approximate surface area is 93.1 Å². The van der Waals surface area contributed by atoms with E-state index < -0.39 is 12.0 Å². The molecule has 0 amide bonds. The average molecular weight is 221 g/mol. The second kappa shape index (κ2) is 5.89. The molecule has 1 rings (SSSR count). The van der Waals surface area contributed by atoms with E-state index in [9.17, 15) is 9.18 Å². The van der Waals surface area contributed by atoms with Gasteiger partial charge in [0, 0.05) is 12.0 Å². The minimum absolute atomic E-state index is 0.307. The van der Waals surface area contributed by atoms with Gasteiger partial charge in [-0.15, -0.1) is 0 Å². The number of hydrogen-bond donors (Lipinski definition) is 2. The number of benzene rings is 1. The van der Waals surface area contributed by atoms with E-state index in [4.69, 9.17) is 10.8 Å². The first kappa shape index (κ1) is 12.2. The Bertz CT molecular complexity index is 417. The first-order valence-corrected chi connectivity index (χ1v) is 4.82. The molecule has 0 aliphatic heterocycles. The number of aliphatic carboxylic acids is 1. The Balaban J connectivity index is 2.44. The summed E-state index contributed by atoms with van der Waals surface area (Å²) in [6.07, 6.45) is 0.717. The van der Waals surface area contributed by atoms with Crippen LogP contribution in [0, 0.1) is 17.7 Å². The number of halogens is 1. The zero-order chi connectivity index (χ0) is 12.0. The normalized spacial score (nSPS) is 11.4. The molecule has 0 bridgehead atoms. The van der Waals surface area contributed by atoms with Gasteiger partial charge in [0.1, 0.15) is 11.9 Å². The van der Waals surface area contributed by atoms with E-state index in [1.54, 1.807) is 12.1 Å². The maximum absolute atomic E-state index is 12.5. The largest absolute Gasteiger partial charge is 0.480 e. The molecule has 84 valence electrons. The molecule has 1 atom stereocenters. The summed E-state index contributed by atoms with van der Waals surface area (Å²) in [4.78, 5) is 10.4. The number of carboxylic acids is 1. The molecule has 0 fully saturated rings. The molecule has 0 saturated carbocycles. The maximum Gasteiger partial charge on any atom is 0.320 e. The van der Waals surface area contributed by atoms with Crippen LogP contribution in [0.1, 0.15) is 18.4 Å². The molecule has 0 radical (unpaired) electrons. The second-order valence-corrected chi connectivity index (χ2v) is 3.29. The van der Waals surface area contributed by atoms with Crippen LogP contribution in [0.3, 0.4) is 0 Å². The molecule has 0 unspecified atom stereocenters. The van der Waals surface area contributed by atoms with Crippen LogP contribution in [0.4, 0.5) is 4.39 Å². The zero-order valence-electron chi connectivity index (χ0n) is 8.61. The molecular formula is C12H12FNO2. The lowest BCUT2D eigenvalue weighted by Gasteiger charge is -2.00. The quantitative estimate of drug-likeness (QED) is 0.758. The summed E-state index contributed by atoms with van der Waals surface area (Å²) in [5.41, 5.74) is 6.00. The van der Waals surface area contributed by atoms with Gasteiger partial charge in [-0.05, 0) is 30.7 Å². The van der Waals surface area contributed by atoms with Gasteiger partial charge in [-0.1, -0.05) is 11.8 Å². The lowest BCUT2D eigenvalue weighted by molar-refractivity contribution is -0.138. The molecule has 3 N–H and O–H groups in total. The van der Waals surface area contributed by atoms with Crippen molar-refractivity contribution in [2.45, 2.75) is 18.9 Å². The summed E-state index contributed by atoms with van der Waals surface area (Å²) >= 11 is 0. The van der Waals surface area contributed by atoms with Gasteiger partial charge in [0.2, 0.25) is 0 Å². The molecular weight excluding hydrogens is 209 g/mol. The van der Waals surface area contributed by atoms with Gasteiger partial charge in [-0.3, -0.25) is 4.79 Å². The van der Waals surface area contributed by atoms with Crippen molar-refractivity contribution in [3.05, 3.63) is 35.6 Å². The van der Waals surface area contributed by atoms with Crippen molar-refractivity contribution in [3.63, 3.8) is 0 Å². The smallest absolute Gasteiger partial charge is 0.320 e. The SMILES string of the molecule is N[C@@H](CCC#Cc1ccc(F)cc1)C(=O)O. The highest BCUT2D eigenvalue weighted by Gasteiger charge is 2.08. The predicted octanol–water partition coefficient (Wildman–Crippen LogP) is 1.37. The number of rotatable bonds is 3. The monoisotopic (exact) mass is 221 g/mol. The van der Waals surface area contributed by atoms with Crippen LogP contribution in [0.2, 0.25) is 0 Å². The van der Waals surface area contributed by atoms with E-state index in [0.29, 0.717) is 18.4 Å². The molecule has 4 heteroatoms. The van der Waals surface area contributed by atoms with Crippen LogP contribution >= 0.6 is 0 Å². The summed E-state index contributed by atoms with van der Waals surface area (Å²) < 4.78 is 12.5. The first-order valence-electron chi connectivity index (χ1n) is 4.82. The van der Waals surface area contributed by atoms with Gasteiger partial charge in [-0.25, -0.2) is 4.39 Å². The highest BCUT2D eigenvalue weighted by molar-refractivity contribution is 5.73. The minimum Gasteiger partial charge on any atom is -0.480 e. The molecule has 1 aromatic carbocycles. The van der Waals surface area contributed by atoms with Crippen molar-refractivity contribution >= 4 is 5.97 Å². The Kier molecular flexibility index (Phi) is 4.49. The molecule has 0 spiro atoms. The number of hydrogen-bond acceptors (Lipinski definition) is 2. The predicted molar refractivity (Wildman–Crippen MR) is 58.1 cm³/mol. The van der Waals surface area contributed by atoms with Crippen LogP contribution in [0.25, 0.3) is 0 Å². The lowest BCUT2D eigenvalue weighted by Crippen LogP contribution is -2.29. The van der Waals surface area contributed by atoms with E-state index in [2.05, 4.69) is 11.8 Å². The summed E-state index contributed by atoms with van der Waals surface area (Å²) in [6, 6.07) is 4.92. The third kappa shape index (κ3) is 4.11. The fourth-order valence-corrected chi connectivity index (χ4v) is 1.05. The second-order valence-electron chi connectivity index (χ2n) is 3.29. The zero-order valence-corrected chi connectivity index (χ0v) is 8.61. The molecule has 1 aromatic rings. The Morgan fingerprint density at radius 3 is 2.62 bits per heavy atom. The highest BCUT2D eigenvalue weighted by atomic mass is 19.1. The van der Waals surface area contributed by atoms with E-state index in [-0.39, 0.29) is 5.82 Å². The molecule has 0 saturated heterocycles. The van der Waals surface area contributed by atoms with Gasteiger partial charge >= 0.3 is 5.97 Å². The van der Waals surface area contributed by atoms with Crippen molar-refractivity contribution in [2.75, 3.05) is 0 Å². The number of carbonyl (C=O) groups is 1. The average Bonchev–Trinajstić information content (AvgIpc) is 2.26. The highest BCUT2D eigenvalue weighted by Crippen LogP contribution is 2.01.